The summed E-state index contributed by atoms with van der Waals surface area (Å²) >= 11 is 7.88. The van der Waals surface area contributed by atoms with Crippen LogP contribution in [0.4, 0.5) is 0 Å². The quantitative estimate of drug-likeness (QED) is 0.466. The Labute approximate surface area is 200 Å². The fourth-order valence-corrected chi connectivity index (χ4v) is 6.22. The molecule has 6 heteroatoms. The summed E-state index contributed by atoms with van der Waals surface area (Å²) < 4.78 is 0. The second-order valence-electron chi connectivity index (χ2n) is 9.09. The van der Waals surface area contributed by atoms with E-state index in [2.05, 4.69) is 18.4 Å². The van der Waals surface area contributed by atoms with Crippen LogP contribution in [-0.2, 0) is 16.0 Å². The highest BCUT2D eigenvalue weighted by atomic mass is 35.5. The first kappa shape index (κ1) is 23.3. The van der Waals surface area contributed by atoms with E-state index < -0.39 is 0 Å². The van der Waals surface area contributed by atoms with Crippen LogP contribution in [0.1, 0.15) is 73.9 Å². The van der Waals surface area contributed by atoms with Gasteiger partial charge in [-0.05, 0) is 59.9 Å². The average Bonchev–Trinajstić information content (AvgIpc) is 3.49. The standard InChI is InChI=1S/C26H33ClN2O2S/c1-2-15-28(24(30)12-7-19-5-3-4-6-19)18-25(31)29-16-13-23-22(14-17-32-23)26(29)20-8-10-21(27)11-9-20/h8-11,14,17,19,26H,2-7,12-13,15-16,18H2,1H3. The Balaban J connectivity index is 1.49. The van der Waals surface area contributed by atoms with E-state index in [-0.39, 0.29) is 24.4 Å². The molecule has 1 aromatic heterocycles. The first-order valence-electron chi connectivity index (χ1n) is 12.0. The number of thiophene rings is 1. The fraction of sp³-hybridized carbons (Fsp3) is 0.538. The molecule has 4 nitrogen and oxygen atoms in total. The number of carbonyl (C=O) groups excluding carboxylic acids is 2. The summed E-state index contributed by atoms with van der Waals surface area (Å²) in [4.78, 5) is 31.6. The molecule has 0 N–H and O–H groups in total. The Morgan fingerprint density at radius 3 is 2.62 bits per heavy atom. The van der Waals surface area contributed by atoms with Gasteiger partial charge in [0.2, 0.25) is 11.8 Å². The van der Waals surface area contributed by atoms with E-state index >= 15 is 0 Å². The van der Waals surface area contributed by atoms with Gasteiger partial charge in [-0.1, -0.05) is 56.3 Å². The van der Waals surface area contributed by atoms with Crippen molar-refractivity contribution in [2.24, 2.45) is 5.92 Å². The van der Waals surface area contributed by atoms with Crippen LogP contribution in [-0.4, -0.2) is 41.2 Å². The van der Waals surface area contributed by atoms with E-state index in [4.69, 9.17) is 11.6 Å². The highest BCUT2D eigenvalue weighted by molar-refractivity contribution is 7.10. The molecule has 1 atom stereocenters. The number of rotatable bonds is 8. The number of nitrogens with zero attached hydrogens (tertiary/aromatic N) is 2. The Bertz CT molecular complexity index is 920. The predicted molar refractivity (Wildman–Crippen MR) is 131 cm³/mol. The molecule has 4 rings (SSSR count). The van der Waals surface area contributed by atoms with E-state index in [0.29, 0.717) is 30.5 Å². The van der Waals surface area contributed by atoms with Gasteiger partial charge in [0.25, 0.3) is 0 Å². The summed E-state index contributed by atoms with van der Waals surface area (Å²) in [7, 11) is 0. The van der Waals surface area contributed by atoms with Crippen molar-refractivity contribution in [3.63, 3.8) is 0 Å². The molecule has 1 aromatic carbocycles. The third-order valence-corrected chi connectivity index (χ3v) is 8.13. The van der Waals surface area contributed by atoms with Gasteiger partial charge in [-0.15, -0.1) is 11.3 Å². The maximum Gasteiger partial charge on any atom is 0.242 e. The number of hydrogen-bond acceptors (Lipinski definition) is 3. The van der Waals surface area contributed by atoms with Crippen molar-refractivity contribution in [3.8, 4) is 0 Å². The van der Waals surface area contributed by atoms with Gasteiger partial charge in [0.15, 0.2) is 0 Å². The predicted octanol–water partition coefficient (Wildman–Crippen LogP) is 6.08. The van der Waals surface area contributed by atoms with Gasteiger partial charge < -0.3 is 9.80 Å². The van der Waals surface area contributed by atoms with Crippen molar-refractivity contribution < 1.29 is 9.59 Å². The molecule has 2 aliphatic rings. The normalized spacial score (nSPS) is 18.6. The van der Waals surface area contributed by atoms with Crippen molar-refractivity contribution in [2.45, 2.75) is 64.3 Å². The van der Waals surface area contributed by atoms with Crippen molar-refractivity contribution >= 4 is 34.8 Å². The van der Waals surface area contributed by atoms with Gasteiger partial charge in [-0.2, -0.15) is 0 Å². The second-order valence-corrected chi connectivity index (χ2v) is 10.5. The molecule has 1 aliphatic carbocycles. The number of carbonyl (C=O) groups is 2. The van der Waals surface area contributed by atoms with Crippen LogP contribution in [0.5, 0.6) is 0 Å². The van der Waals surface area contributed by atoms with E-state index in [1.165, 1.54) is 36.1 Å². The van der Waals surface area contributed by atoms with E-state index in [9.17, 15) is 9.59 Å². The zero-order valence-corrected chi connectivity index (χ0v) is 20.5. The zero-order chi connectivity index (χ0) is 22.5. The molecule has 2 aromatic rings. The van der Waals surface area contributed by atoms with Crippen LogP contribution >= 0.6 is 22.9 Å². The molecule has 32 heavy (non-hydrogen) atoms. The van der Waals surface area contributed by atoms with Crippen molar-refractivity contribution in [1.29, 1.82) is 0 Å². The summed E-state index contributed by atoms with van der Waals surface area (Å²) in [6.45, 7) is 3.55. The number of benzene rings is 1. The van der Waals surface area contributed by atoms with Crippen LogP contribution in [0.3, 0.4) is 0 Å². The molecule has 2 heterocycles. The highest BCUT2D eigenvalue weighted by Gasteiger charge is 2.34. The third kappa shape index (κ3) is 5.37. The molecule has 1 fully saturated rings. The maximum atomic E-state index is 13.5. The first-order chi connectivity index (χ1) is 15.6. The highest BCUT2D eigenvalue weighted by Crippen LogP contribution is 2.38. The van der Waals surface area contributed by atoms with Crippen LogP contribution in [0.2, 0.25) is 5.02 Å². The topological polar surface area (TPSA) is 40.6 Å². The lowest BCUT2D eigenvalue weighted by atomic mass is 9.93. The van der Waals surface area contributed by atoms with E-state index in [1.807, 2.05) is 29.2 Å². The first-order valence-corrected chi connectivity index (χ1v) is 13.2. The van der Waals surface area contributed by atoms with Gasteiger partial charge in [-0.25, -0.2) is 0 Å². The van der Waals surface area contributed by atoms with Gasteiger partial charge in [-0.3, -0.25) is 9.59 Å². The Morgan fingerprint density at radius 1 is 1.16 bits per heavy atom. The molecular weight excluding hydrogens is 440 g/mol. The van der Waals surface area contributed by atoms with Crippen molar-refractivity contribution in [2.75, 3.05) is 19.6 Å². The molecule has 0 saturated heterocycles. The van der Waals surface area contributed by atoms with Gasteiger partial charge in [0.05, 0.1) is 12.6 Å². The average molecular weight is 473 g/mol. The lowest BCUT2D eigenvalue weighted by Crippen LogP contribution is -2.47. The van der Waals surface area contributed by atoms with Crippen molar-refractivity contribution in [3.05, 3.63) is 56.7 Å². The minimum atomic E-state index is -0.119. The summed E-state index contributed by atoms with van der Waals surface area (Å²) in [5.41, 5.74) is 2.27. The summed E-state index contributed by atoms with van der Waals surface area (Å²) in [6, 6.07) is 9.81. The minimum absolute atomic E-state index is 0.0319. The summed E-state index contributed by atoms with van der Waals surface area (Å²) in [5.74, 6) is 0.847. The third-order valence-electron chi connectivity index (χ3n) is 6.89. The molecule has 0 bridgehead atoms. The maximum absolute atomic E-state index is 13.5. The SMILES string of the molecule is CCCN(CC(=O)N1CCc2sccc2C1c1ccc(Cl)cc1)C(=O)CCC1CCCC1. The smallest absolute Gasteiger partial charge is 0.242 e. The Morgan fingerprint density at radius 2 is 1.91 bits per heavy atom. The van der Waals surface area contributed by atoms with Gasteiger partial charge in [0.1, 0.15) is 0 Å². The van der Waals surface area contributed by atoms with Crippen LogP contribution in [0.15, 0.2) is 35.7 Å². The van der Waals surface area contributed by atoms with Crippen LogP contribution in [0.25, 0.3) is 0 Å². The molecule has 172 valence electrons. The Hall–Kier alpha value is -1.85. The molecule has 0 spiro atoms. The number of hydrogen-bond donors (Lipinski definition) is 0. The molecule has 1 unspecified atom stereocenters. The number of halogens is 1. The molecular formula is C26H33ClN2O2S. The fourth-order valence-electron chi connectivity index (χ4n) is 5.19. The zero-order valence-electron chi connectivity index (χ0n) is 18.9. The number of fused-ring (bicyclic) bond motifs is 1. The van der Waals surface area contributed by atoms with Crippen LogP contribution in [0, 0.1) is 5.92 Å². The molecule has 0 radical (unpaired) electrons. The summed E-state index contributed by atoms with van der Waals surface area (Å²) in [6.07, 6.45) is 8.34. The minimum Gasteiger partial charge on any atom is -0.333 e. The Kier molecular flexibility index (Phi) is 7.90. The molecule has 1 saturated carbocycles. The van der Waals surface area contributed by atoms with E-state index in [0.717, 1.165) is 24.8 Å². The van der Waals surface area contributed by atoms with E-state index in [1.54, 1.807) is 16.2 Å². The van der Waals surface area contributed by atoms with Gasteiger partial charge in [0, 0.05) is 29.4 Å². The van der Waals surface area contributed by atoms with Crippen LogP contribution < -0.4 is 0 Å². The molecule has 1 aliphatic heterocycles. The summed E-state index contributed by atoms with van der Waals surface area (Å²) in [5, 5.41) is 2.80. The molecule has 2 amide bonds. The monoisotopic (exact) mass is 472 g/mol. The largest absolute Gasteiger partial charge is 0.333 e. The lowest BCUT2D eigenvalue weighted by Gasteiger charge is -2.37. The number of amides is 2. The second kappa shape index (κ2) is 10.8. The van der Waals surface area contributed by atoms with Crippen molar-refractivity contribution in [1.82, 2.24) is 9.80 Å². The lowest BCUT2D eigenvalue weighted by molar-refractivity contribution is -0.142. The van der Waals surface area contributed by atoms with Gasteiger partial charge >= 0.3 is 0 Å².